The summed E-state index contributed by atoms with van der Waals surface area (Å²) in [6, 6.07) is 13.6. The molecule has 0 radical (unpaired) electrons. The van der Waals surface area contributed by atoms with Crippen LogP contribution in [0.5, 0.6) is 5.75 Å². The predicted octanol–water partition coefficient (Wildman–Crippen LogP) is 4.32. The highest BCUT2D eigenvalue weighted by Crippen LogP contribution is 2.24. The van der Waals surface area contributed by atoms with Gasteiger partial charge in [0, 0.05) is 11.4 Å². The Labute approximate surface area is 169 Å². The van der Waals surface area contributed by atoms with E-state index in [1.165, 1.54) is 11.8 Å². The van der Waals surface area contributed by atoms with E-state index in [1.54, 1.807) is 0 Å². The van der Waals surface area contributed by atoms with E-state index >= 15 is 0 Å². The molecule has 2 aromatic carbocycles. The van der Waals surface area contributed by atoms with Crippen LogP contribution in [-0.2, 0) is 4.79 Å². The topological polar surface area (TPSA) is 69.0 Å². The van der Waals surface area contributed by atoms with Gasteiger partial charge in [-0.15, -0.1) is 10.2 Å². The maximum atomic E-state index is 12.4. The molecule has 0 saturated carbocycles. The Morgan fingerprint density at radius 2 is 1.86 bits per heavy atom. The minimum absolute atomic E-state index is 0.0717. The SMILES string of the molecule is CCOc1ccc(-n2c(C)nnc2SCC(=O)Nc2cccc(C)c2C)cc1. The number of benzene rings is 2. The first-order valence-corrected chi connectivity index (χ1v) is 10.1. The molecule has 3 aromatic rings. The van der Waals surface area contributed by atoms with Gasteiger partial charge in [-0.05, 0) is 69.2 Å². The zero-order valence-electron chi connectivity index (χ0n) is 16.5. The van der Waals surface area contributed by atoms with Crippen LogP contribution in [0.15, 0.2) is 47.6 Å². The van der Waals surface area contributed by atoms with Crippen molar-refractivity contribution < 1.29 is 9.53 Å². The quantitative estimate of drug-likeness (QED) is 0.602. The number of hydrogen-bond acceptors (Lipinski definition) is 5. The molecule has 0 fully saturated rings. The van der Waals surface area contributed by atoms with Gasteiger partial charge in [-0.25, -0.2) is 0 Å². The second-order valence-electron chi connectivity index (χ2n) is 6.38. The molecule has 6 nitrogen and oxygen atoms in total. The van der Waals surface area contributed by atoms with Crippen LogP contribution in [0.2, 0.25) is 0 Å². The van der Waals surface area contributed by atoms with Gasteiger partial charge in [0.2, 0.25) is 5.91 Å². The van der Waals surface area contributed by atoms with Crippen LogP contribution >= 0.6 is 11.8 Å². The van der Waals surface area contributed by atoms with E-state index in [9.17, 15) is 4.79 Å². The van der Waals surface area contributed by atoms with Crippen LogP contribution in [0.4, 0.5) is 5.69 Å². The number of nitrogens with zero attached hydrogens (tertiary/aromatic N) is 3. The molecule has 0 spiro atoms. The summed E-state index contributed by atoms with van der Waals surface area (Å²) in [5.41, 5.74) is 4.00. The van der Waals surface area contributed by atoms with Crippen molar-refractivity contribution in [1.82, 2.24) is 14.8 Å². The summed E-state index contributed by atoms with van der Waals surface area (Å²) < 4.78 is 7.43. The lowest BCUT2D eigenvalue weighted by Gasteiger charge is -2.11. The third kappa shape index (κ3) is 4.54. The summed E-state index contributed by atoms with van der Waals surface area (Å²) in [6.45, 7) is 8.51. The number of hydrogen-bond donors (Lipinski definition) is 1. The predicted molar refractivity (Wildman–Crippen MR) is 113 cm³/mol. The number of nitrogens with one attached hydrogen (secondary N) is 1. The molecular formula is C21H24N4O2S. The lowest BCUT2D eigenvalue weighted by atomic mass is 10.1. The summed E-state index contributed by atoms with van der Waals surface area (Å²) in [5.74, 6) is 1.76. The molecule has 1 amide bonds. The fourth-order valence-electron chi connectivity index (χ4n) is 2.79. The molecule has 0 unspecified atom stereocenters. The van der Waals surface area contributed by atoms with E-state index < -0.39 is 0 Å². The molecule has 1 heterocycles. The largest absolute Gasteiger partial charge is 0.494 e. The molecule has 0 aliphatic heterocycles. The molecule has 28 heavy (non-hydrogen) atoms. The molecule has 0 aliphatic rings. The summed E-state index contributed by atoms with van der Waals surface area (Å²) >= 11 is 1.36. The van der Waals surface area contributed by atoms with E-state index in [0.29, 0.717) is 11.8 Å². The molecular weight excluding hydrogens is 372 g/mol. The average Bonchev–Trinajstić information content (AvgIpc) is 3.05. The fraction of sp³-hybridized carbons (Fsp3) is 0.286. The lowest BCUT2D eigenvalue weighted by molar-refractivity contribution is -0.113. The zero-order chi connectivity index (χ0) is 20.1. The Kier molecular flexibility index (Phi) is 6.36. The number of thioether (sulfide) groups is 1. The van der Waals surface area contributed by atoms with Crippen LogP contribution in [0.1, 0.15) is 23.9 Å². The van der Waals surface area contributed by atoms with Crippen molar-refractivity contribution in [3.63, 3.8) is 0 Å². The van der Waals surface area contributed by atoms with Crippen molar-refractivity contribution in [2.24, 2.45) is 0 Å². The van der Waals surface area contributed by atoms with E-state index in [-0.39, 0.29) is 11.7 Å². The minimum atomic E-state index is -0.0717. The second kappa shape index (κ2) is 8.93. The number of aromatic nitrogens is 3. The molecule has 1 N–H and O–H groups in total. The van der Waals surface area contributed by atoms with E-state index in [0.717, 1.165) is 34.1 Å². The number of ether oxygens (including phenoxy) is 1. The molecule has 0 saturated heterocycles. The average molecular weight is 397 g/mol. The first-order chi connectivity index (χ1) is 13.5. The standard InChI is InChI=1S/C21H24N4O2S/c1-5-27-18-11-9-17(10-12-18)25-16(4)23-24-21(25)28-13-20(26)22-19-8-6-7-14(2)15(19)3/h6-12H,5,13H2,1-4H3,(H,22,26). The van der Waals surface area contributed by atoms with Crippen molar-refractivity contribution in [1.29, 1.82) is 0 Å². The van der Waals surface area contributed by atoms with Gasteiger partial charge in [0.1, 0.15) is 11.6 Å². The summed E-state index contributed by atoms with van der Waals surface area (Å²) in [7, 11) is 0. The van der Waals surface area contributed by atoms with Gasteiger partial charge in [-0.3, -0.25) is 9.36 Å². The lowest BCUT2D eigenvalue weighted by Crippen LogP contribution is -2.15. The molecule has 7 heteroatoms. The third-order valence-electron chi connectivity index (χ3n) is 4.41. The number of aryl methyl sites for hydroxylation is 2. The first-order valence-electron chi connectivity index (χ1n) is 9.13. The van der Waals surface area contributed by atoms with Gasteiger partial charge in [0.05, 0.1) is 12.4 Å². The van der Waals surface area contributed by atoms with Crippen LogP contribution in [0, 0.1) is 20.8 Å². The summed E-state index contributed by atoms with van der Waals surface area (Å²) in [5, 5.41) is 12.0. The summed E-state index contributed by atoms with van der Waals surface area (Å²) in [6.07, 6.45) is 0. The molecule has 0 aliphatic carbocycles. The van der Waals surface area contributed by atoms with Crippen LogP contribution < -0.4 is 10.1 Å². The molecule has 1 aromatic heterocycles. The molecule has 146 valence electrons. The molecule has 0 atom stereocenters. The Balaban J connectivity index is 1.70. The highest BCUT2D eigenvalue weighted by atomic mass is 32.2. The van der Waals surface area contributed by atoms with Crippen molar-refractivity contribution in [2.75, 3.05) is 17.7 Å². The van der Waals surface area contributed by atoms with Crippen LogP contribution in [0.25, 0.3) is 5.69 Å². The van der Waals surface area contributed by atoms with Crippen LogP contribution in [-0.4, -0.2) is 33.0 Å². The first kappa shape index (κ1) is 19.9. The van der Waals surface area contributed by atoms with E-state index in [4.69, 9.17) is 4.74 Å². The number of carbonyl (C=O) groups excluding carboxylic acids is 1. The van der Waals surface area contributed by atoms with Crippen molar-refractivity contribution in [3.8, 4) is 11.4 Å². The van der Waals surface area contributed by atoms with Crippen molar-refractivity contribution in [3.05, 3.63) is 59.4 Å². The number of carbonyl (C=O) groups is 1. The number of rotatable bonds is 7. The van der Waals surface area contributed by atoms with Gasteiger partial charge in [-0.2, -0.15) is 0 Å². The highest BCUT2D eigenvalue weighted by Gasteiger charge is 2.14. The Bertz CT molecular complexity index is 967. The van der Waals surface area contributed by atoms with Gasteiger partial charge in [0.25, 0.3) is 0 Å². The maximum Gasteiger partial charge on any atom is 0.234 e. The van der Waals surface area contributed by atoms with Gasteiger partial charge >= 0.3 is 0 Å². The van der Waals surface area contributed by atoms with Gasteiger partial charge in [-0.1, -0.05) is 23.9 Å². The minimum Gasteiger partial charge on any atom is -0.494 e. The number of amides is 1. The molecule has 0 bridgehead atoms. The summed E-state index contributed by atoms with van der Waals surface area (Å²) in [4.78, 5) is 12.4. The van der Waals surface area contributed by atoms with Gasteiger partial charge in [0.15, 0.2) is 5.16 Å². The fourth-order valence-corrected chi connectivity index (χ4v) is 3.59. The maximum absolute atomic E-state index is 12.4. The Hall–Kier alpha value is -2.80. The second-order valence-corrected chi connectivity index (χ2v) is 7.32. The van der Waals surface area contributed by atoms with Crippen molar-refractivity contribution >= 4 is 23.4 Å². The molecule has 3 rings (SSSR count). The van der Waals surface area contributed by atoms with Crippen molar-refractivity contribution in [2.45, 2.75) is 32.9 Å². The third-order valence-corrected chi connectivity index (χ3v) is 5.34. The Morgan fingerprint density at radius 3 is 2.57 bits per heavy atom. The zero-order valence-corrected chi connectivity index (χ0v) is 17.3. The smallest absolute Gasteiger partial charge is 0.234 e. The van der Waals surface area contributed by atoms with E-state index in [2.05, 4.69) is 15.5 Å². The Morgan fingerprint density at radius 1 is 1.11 bits per heavy atom. The van der Waals surface area contributed by atoms with E-state index in [1.807, 2.05) is 74.7 Å². The highest BCUT2D eigenvalue weighted by molar-refractivity contribution is 7.99. The normalized spacial score (nSPS) is 10.7. The number of anilines is 1. The van der Waals surface area contributed by atoms with Gasteiger partial charge < -0.3 is 10.1 Å². The van der Waals surface area contributed by atoms with Crippen LogP contribution in [0.3, 0.4) is 0 Å². The monoisotopic (exact) mass is 396 g/mol.